The summed E-state index contributed by atoms with van der Waals surface area (Å²) in [6.45, 7) is 2.59. The fourth-order valence-electron chi connectivity index (χ4n) is 3.25. The van der Waals surface area contributed by atoms with Crippen molar-refractivity contribution in [2.45, 2.75) is 69.9 Å². The Labute approximate surface area is 131 Å². The highest BCUT2D eigenvalue weighted by Crippen LogP contribution is 2.42. The van der Waals surface area contributed by atoms with Crippen LogP contribution in [-0.4, -0.2) is 43.1 Å². The summed E-state index contributed by atoms with van der Waals surface area (Å²) < 4.78 is 25.7. The van der Waals surface area contributed by atoms with Gasteiger partial charge in [-0.15, -0.1) is 0 Å². The van der Waals surface area contributed by atoms with Gasteiger partial charge in [-0.3, -0.25) is 0 Å². The number of rotatable bonds is 3. The molecule has 2 aliphatic heterocycles. The maximum absolute atomic E-state index is 12.1. The molecule has 0 unspecified atom stereocenters. The van der Waals surface area contributed by atoms with Gasteiger partial charge < -0.3 is 0 Å². The van der Waals surface area contributed by atoms with Gasteiger partial charge in [0.15, 0.2) is 0 Å². The molecule has 22 heavy (non-hydrogen) atoms. The van der Waals surface area contributed by atoms with E-state index in [-0.39, 0.29) is 5.75 Å². The van der Waals surface area contributed by atoms with Gasteiger partial charge in [-0.1, -0.05) is 13.3 Å². The molecule has 1 saturated carbocycles. The molecular weight excluding hydrogens is 310 g/mol. The first-order chi connectivity index (χ1) is 10.5. The van der Waals surface area contributed by atoms with Crippen LogP contribution in [0.15, 0.2) is 0 Å². The van der Waals surface area contributed by atoms with Crippen LogP contribution in [0.5, 0.6) is 0 Å². The minimum absolute atomic E-state index is 0.178. The van der Waals surface area contributed by atoms with Crippen molar-refractivity contribution in [2.24, 2.45) is 0 Å². The lowest BCUT2D eigenvalue weighted by Gasteiger charge is -2.46. The minimum Gasteiger partial charge on any atom is -0.212 e. The summed E-state index contributed by atoms with van der Waals surface area (Å²) in [6.07, 6.45) is 6.19. The maximum atomic E-state index is 12.1. The van der Waals surface area contributed by atoms with Crippen LogP contribution < -0.4 is 0 Å². The molecule has 0 bridgehead atoms. The van der Waals surface area contributed by atoms with Gasteiger partial charge in [0, 0.05) is 38.8 Å². The quantitative estimate of drug-likeness (QED) is 0.735. The van der Waals surface area contributed by atoms with Crippen molar-refractivity contribution < 1.29 is 28.0 Å². The summed E-state index contributed by atoms with van der Waals surface area (Å²) in [4.78, 5) is 22.2. The second-order valence-corrected chi connectivity index (χ2v) is 8.52. The van der Waals surface area contributed by atoms with E-state index in [1.165, 1.54) is 10.7 Å². The molecule has 0 N–H and O–H groups in total. The third-order valence-electron chi connectivity index (χ3n) is 4.65. The third-order valence-corrected chi connectivity index (χ3v) is 6.72. The van der Waals surface area contributed by atoms with Gasteiger partial charge in [-0.2, -0.15) is 19.6 Å². The summed E-state index contributed by atoms with van der Waals surface area (Å²) in [7, 11) is -3.18. The second kappa shape index (κ2) is 6.33. The lowest BCUT2D eigenvalue weighted by molar-refractivity contribution is -0.662. The molecule has 0 aromatic carbocycles. The monoisotopic (exact) mass is 335 g/mol. The van der Waals surface area contributed by atoms with Gasteiger partial charge in [-0.25, -0.2) is 12.7 Å². The van der Waals surface area contributed by atoms with Crippen molar-refractivity contribution >= 4 is 10.0 Å². The van der Waals surface area contributed by atoms with Crippen molar-refractivity contribution in [3.05, 3.63) is 0 Å². The first-order valence-electron chi connectivity index (χ1n) is 8.21. The largest absolute Gasteiger partial charge is 0.236 e. The molecule has 0 aromatic rings. The number of piperidine rings is 1. The molecular formula is C14H25NO6S. The molecule has 7 nitrogen and oxygen atoms in total. The smallest absolute Gasteiger partial charge is 0.212 e. The molecule has 0 radical (unpaired) electrons. The summed E-state index contributed by atoms with van der Waals surface area (Å²) in [5.74, 6) is -1.56. The maximum Gasteiger partial charge on any atom is 0.236 e. The Morgan fingerprint density at radius 3 is 1.86 bits per heavy atom. The fraction of sp³-hybridized carbons (Fsp3) is 1.00. The van der Waals surface area contributed by atoms with Gasteiger partial charge in [0.2, 0.25) is 21.6 Å². The Bertz CT molecular complexity index is 468. The van der Waals surface area contributed by atoms with Crippen molar-refractivity contribution in [1.29, 1.82) is 0 Å². The number of sulfonamides is 1. The first kappa shape index (κ1) is 16.6. The topological polar surface area (TPSA) is 74.3 Å². The Morgan fingerprint density at radius 1 is 0.864 bits per heavy atom. The Morgan fingerprint density at radius 2 is 1.36 bits per heavy atom. The minimum atomic E-state index is -3.18. The molecule has 2 spiro atoms. The predicted octanol–water partition coefficient (Wildman–Crippen LogP) is 2.09. The molecule has 3 fully saturated rings. The van der Waals surface area contributed by atoms with Crippen LogP contribution in [0.1, 0.15) is 58.3 Å². The number of hydrogen-bond acceptors (Lipinski definition) is 6. The third kappa shape index (κ3) is 3.32. The van der Waals surface area contributed by atoms with E-state index in [1.54, 1.807) is 0 Å². The molecule has 3 rings (SSSR count). The van der Waals surface area contributed by atoms with Gasteiger partial charge in [0.1, 0.15) is 0 Å². The van der Waals surface area contributed by atoms with Crippen LogP contribution in [0.3, 0.4) is 0 Å². The lowest BCUT2D eigenvalue weighted by atomic mass is 9.94. The highest BCUT2D eigenvalue weighted by molar-refractivity contribution is 7.89. The SMILES string of the molecule is CCCS(=O)(=O)N1CCC2(CC1)OOC1(CCCCC1)OO2. The zero-order chi connectivity index (χ0) is 15.7. The van der Waals surface area contributed by atoms with Crippen LogP contribution in [0.2, 0.25) is 0 Å². The van der Waals surface area contributed by atoms with Crippen molar-refractivity contribution in [3.8, 4) is 0 Å². The average molecular weight is 335 g/mol. The number of nitrogens with zero attached hydrogens (tertiary/aromatic N) is 1. The molecule has 0 amide bonds. The van der Waals surface area contributed by atoms with Crippen LogP contribution in [0, 0.1) is 0 Å². The van der Waals surface area contributed by atoms with Crippen LogP contribution in [-0.2, 0) is 29.6 Å². The Balaban J connectivity index is 1.55. The number of hydrogen-bond donors (Lipinski definition) is 0. The molecule has 0 atom stereocenters. The molecule has 1 aliphatic carbocycles. The molecule has 3 aliphatic rings. The Kier molecular flexibility index (Phi) is 4.78. The summed E-state index contributed by atoms with van der Waals surface area (Å²) in [5, 5.41) is 0. The van der Waals surface area contributed by atoms with Crippen molar-refractivity contribution in [2.75, 3.05) is 18.8 Å². The van der Waals surface area contributed by atoms with E-state index < -0.39 is 21.6 Å². The second-order valence-electron chi connectivity index (χ2n) is 6.43. The van der Waals surface area contributed by atoms with Crippen molar-refractivity contribution in [1.82, 2.24) is 4.31 Å². The van der Waals surface area contributed by atoms with E-state index in [0.717, 1.165) is 25.7 Å². The van der Waals surface area contributed by atoms with Crippen molar-refractivity contribution in [3.63, 3.8) is 0 Å². The molecule has 0 aromatic heterocycles. The van der Waals surface area contributed by atoms with E-state index in [4.69, 9.17) is 19.6 Å². The standard InChI is InChI=1S/C14H25NO6S/c1-2-12-22(16,17)15-10-8-14(9-11-15)20-18-13(19-21-14)6-4-3-5-7-13/h2-12H2,1H3. The fourth-order valence-corrected chi connectivity index (χ4v) is 4.76. The first-order valence-corrected chi connectivity index (χ1v) is 9.82. The predicted molar refractivity (Wildman–Crippen MR) is 77.8 cm³/mol. The highest BCUT2D eigenvalue weighted by Gasteiger charge is 2.51. The molecule has 128 valence electrons. The summed E-state index contributed by atoms with van der Waals surface area (Å²) in [5.41, 5.74) is 0. The zero-order valence-electron chi connectivity index (χ0n) is 13.1. The van der Waals surface area contributed by atoms with Crippen LogP contribution in [0.4, 0.5) is 0 Å². The lowest BCUT2D eigenvalue weighted by Crippen LogP contribution is -2.56. The van der Waals surface area contributed by atoms with Crippen LogP contribution >= 0.6 is 0 Å². The normalized spacial score (nSPS) is 29.0. The zero-order valence-corrected chi connectivity index (χ0v) is 13.9. The van der Waals surface area contributed by atoms with Gasteiger partial charge >= 0.3 is 0 Å². The van der Waals surface area contributed by atoms with Gasteiger partial charge in [0.25, 0.3) is 0 Å². The van der Waals surface area contributed by atoms with Crippen LogP contribution in [0.25, 0.3) is 0 Å². The van der Waals surface area contributed by atoms with E-state index in [9.17, 15) is 8.42 Å². The van der Waals surface area contributed by atoms with Gasteiger partial charge in [-0.05, 0) is 19.3 Å². The van der Waals surface area contributed by atoms with E-state index in [2.05, 4.69) is 0 Å². The average Bonchev–Trinajstić information content (AvgIpc) is 2.52. The molecule has 2 saturated heterocycles. The summed E-state index contributed by atoms with van der Waals surface area (Å²) >= 11 is 0. The molecule has 2 heterocycles. The van der Waals surface area contributed by atoms with E-state index in [1.807, 2.05) is 6.92 Å². The summed E-state index contributed by atoms with van der Waals surface area (Å²) in [6, 6.07) is 0. The molecule has 8 heteroatoms. The van der Waals surface area contributed by atoms with Gasteiger partial charge in [0.05, 0.1) is 5.75 Å². The van der Waals surface area contributed by atoms with E-state index >= 15 is 0 Å². The Hall–Kier alpha value is -0.250. The highest BCUT2D eigenvalue weighted by atomic mass is 32.2. The van der Waals surface area contributed by atoms with E-state index in [0.29, 0.717) is 32.4 Å².